The monoisotopic (exact) mass is 291 g/mol. The van der Waals surface area contributed by atoms with Crippen LogP contribution in [0.3, 0.4) is 0 Å². The van der Waals surface area contributed by atoms with E-state index in [0.29, 0.717) is 11.4 Å². The molecule has 0 aliphatic carbocycles. The van der Waals surface area contributed by atoms with Gasteiger partial charge in [0.2, 0.25) is 0 Å². The van der Waals surface area contributed by atoms with Gasteiger partial charge in [0, 0.05) is 10.7 Å². The molecule has 0 saturated heterocycles. The van der Waals surface area contributed by atoms with Crippen molar-refractivity contribution in [1.82, 2.24) is 4.98 Å². The number of anilines is 2. The third-order valence-electron chi connectivity index (χ3n) is 2.20. The van der Waals surface area contributed by atoms with Crippen LogP contribution < -0.4 is 11.1 Å². The predicted molar refractivity (Wildman–Crippen MR) is 70.2 cm³/mol. The molecule has 4 nitrogen and oxygen atoms in total. The van der Waals surface area contributed by atoms with Gasteiger partial charge in [0.1, 0.15) is 5.82 Å². The maximum atomic E-state index is 11.2. The third-order valence-corrected chi connectivity index (χ3v) is 2.89. The molecular formula is C12H10BrN3O. The number of aromatic nitrogens is 1. The van der Waals surface area contributed by atoms with Gasteiger partial charge in [-0.1, -0.05) is 12.1 Å². The lowest BCUT2D eigenvalue weighted by atomic mass is 10.2. The van der Waals surface area contributed by atoms with Crippen LogP contribution in [0.5, 0.6) is 0 Å². The molecule has 0 saturated carbocycles. The first-order valence-electron chi connectivity index (χ1n) is 4.95. The molecule has 0 atom stereocenters. The van der Waals surface area contributed by atoms with Crippen molar-refractivity contribution in [2.75, 3.05) is 5.32 Å². The Kier molecular flexibility index (Phi) is 3.39. The molecule has 0 fully saturated rings. The van der Waals surface area contributed by atoms with E-state index in [4.69, 9.17) is 5.73 Å². The Bertz CT molecular complexity index is 557. The van der Waals surface area contributed by atoms with Crippen molar-refractivity contribution in [3.05, 3.63) is 52.6 Å². The van der Waals surface area contributed by atoms with E-state index < -0.39 is 5.91 Å². The summed E-state index contributed by atoms with van der Waals surface area (Å²) in [4.78, 5) is 15.3. The molecule has 0 bridgehead atoms. The number of nitrogens with zero attached hydrogens (tertiary/aromatic N) is 1. The number of carbonyl (C=O) groups is 1. The Morgan fingerprint density at radius 2 is 2.00 bits per heavy atom. The summed E-state index contributed by atoms with van der Waals surface area (Å²) in [5.74, 6) is -0.0560. The highest BCUT2D eigenvalue weighted by atomic mass is 79.9. The lowest BCUT2D eigenvalue weighted by molar-refractivity contribution is 0.100. The SMILES string of the molecule is NC(=O)c1cccnc1Nc1ccccc1Br. The number of para-hydroxylation sites is 1. The van der Waals surface area contributed by atoms with E-state index in [0.717, 1.165) is 10.2 Å². The summed E-state index contributed by atoms with van der Waals surface area (Å²) in [6, 6.07) is 10.9. The van der Waals surface area contributed by atoms with Crippen molar-refractivity contribution in [1.29, 1.82) is 0 Å². The van der Waals surface area contributed by atoms with Crippen molar-refractivity contribution in [2.24, 2.45) is 5.73 Å². The minimum absolute atomic E-state index is 0.364. The zero-order valence-electron chi connectivity index (χ0n) is 8.85. The summed E-state index contributed by atoms with van der Waals surface area (Å²) in [5, 5.41) is 3.06. The van der Waals surface area contributed by atoms with Gasteiger partial charge >= 0.3 is 0 Å². The van der Waals surface area contributed by atoms with Gasteiger partial charge < -0.3 is 11.1 Å². The van der Waals surface area contributed by atoms with E-state index in [9.17, 15) is 4.79 Å². The van der Waals surface area contributed by atoms with Gasteiger partial charge in [0.25, 0.3) is 5.91 Å². The minimum atomic E-state index is -0.507. The topological polar surface area (TPSA) is 68.0 Å². The molecule has 17 heavy (non-hydrogen) atoms. The lowest BCUT2D eigenvalue weighted by Crippen LogP contribution is -2.14. The van der Waals surface area contributed by atoms with Crippen LogP contribution in [0.25, 0.3) is 0 Å². The molecule has 1 aromatic carbocycles. The number of hydrogen-bond acceptors (Lipinski definition) is 3. The Labute approximate surface area is 107 Å². The van der Waals surface area contributed by atoms with E-state index >= 15 is 0 Å². The van der Waals surface area contributed by atoms with Gasteiger partial charge in [0.05, 0.1) is 11.3 Å². The zero-order chi connectivity index (χ0) is 12.3. The summed E-state index contributed by atoms with van der Waals surface area (Å²) in [7, 11) is 0. The molecule has 0 aliphatic heterocycles. The fraction of sp³-hybridized carbons (Fsp3) is 0. The smallest absolute Gasteiger partial charge is 0.252 e. The largest absolute Gasteiger partial charge is 0.365 e. The van der Waals surface area contributed by atoms with Gasteiger partial charge in [-0.15, -0.1) is 0 Å². The zero-order valence-corrected chi connectivity index (χ0v) is 10.4. The number of carbonyl (C=O) groups excluding carboxylic acids is 1. The molecule has 0 aliphatic rings. The second-order valence-corrected chi connectivity index (χ2v) is 4.22. The van der Waals surface area contributed by atoms with E-state index in [-0.39, 0.29) is 0 Å². The van der Waals surface area contributed by atoms with E-state index in [1.54, 1.807) is 18.3 Å². The molecule has 0 radical (unpaired) electrons. The maximum absolute atomic E-state index is 11.2. The molecule has 1 heterocycles. The molecular weight excluding hydrogens is 282 g/mol. The fourth-order valence-corrected chi connectivity index (χ4v) is 1.78. The number of pyridine rings is 1. The summed E-state index contributed by atoms with van der Waals surface area (Å²) in [5.41, 5.74) is 6.47. The first kappa shape index (κ1) is 11.6. The van der Waals surface area contributed by atoms with Crippen molar-refractivity contribution in [3.8, 4) is 0 Å². The summed E-state index contributed by atoms with van der Waals surface area (Å²) in [6.45, 7) is 0. The molecule has 2 rings (SSSR count). The number of amides is 1. The average Bonchev–Trinajstić information content (AvgIpc) is 2.32. The highest BCUT2D eigenvalue weighted by Crippen LogP contribution is 2.25. The number of rotatable bonds is 3. The second-order valence-electron chi connectivity index (χ2n) is 3.37. The molecule has 3 N–H and O–H groups in total. The first-order valence-corrected chi connectivity index (χ1v) is 5.74. The molecule has 0 spiro atoms. The van der Waals surface area contributed by atoms with Crippen LogP contribution in [-0.2, 0) is 0 Å². The van der Waals surface area contributed by atoms with Crippen LogP contribution in [0.15, 0.2) is 47.1 Å². The van der Waals surface area contributed by atoms with Crippen LogP contribution >= 0.6 is 15.9 Å². The Morgan fingerprint density at radius 1 is 1.24 bits per heavy atom. The Morgan fingerprint density at radius 3 is 2.71 bits per heavy atom. The maximum Gasteiger partial charge on any atom is 0.252 e. The van der Waals surface area contributed by atoms with Crippen LogP contribution in [0.4, 0.5) is 11.5 Å². The van der Waals surface area contributed by atoms with E-state index in [1.807, 2.05) is 24.3 Å². The molecule has 1 amide bonds. The van der Waals surface area contributed by atoms with Gasteiger partial charge in [-0.05, 0) is 40.2 Å². The number of halogens is 1. The third kappa shape index (κ3) is 2.62. The number of nitrogens with two attached hydrogens (primary N) is 1. The Hall–Kier alpha value is -1.88. The van der Waals surface area contributed by atoms with Gasteiger partial charge in [-0.2, -0.15) is 0 Å². The molecule has 2 aromatic rings. The van der Waals surface area contributed by atoms with Crippen molar-refractivity contribution >= 4 is 33.3 Å². The molecule has 1 aromatic heterocycles. The van der Waals surface area contributed by atoms with E-state index in [2.05, 4.69) is 26.2 Å². The quantitative estimate of drug-likeness (QED) is 0.914. The van der Waals surface area contributed by atoms with E-state index in [1.165, 1.54) is 0 Å². The number of benzene rings is 1. The summed E-state index contributed by atoms with van der Waals surface area (Å²) >= 11 is 3.41. The predicted octanol–water partition coefficient (Wildman–Crippen LogP) is 2.69. The molecule has 86 valence electrons. The first-order chi connectivity index (χ1) is 8.18. The fourth-order valence-electron chi connectivity index (χ4n) is 1.39. The van der Waals surface area contributed by atoms with Crippen LogP contribution in [-0.4, -0.2) is 10.9 Å². The van der Waals surface area contributed by atoms with Crippen molar-refractivity contribution in [3.63, 3.8) is 0 Å². The molecule has 5 heteroatoms. The summed E-state index contributed by atoms with van der Waals surface area (Å²) < 4.78 is 0.890. The summed E-state index contributed by atoms with van der Waals surface area (Å²) in [6.07, 6.45) is 1.60. The van der Waals surface area contributed by atoms with Crippen LogP contribution in [0.1, 0.15) is 10.4 Å². The highest BCUT2D eigenvalue weighted by Gasteiger charge is 2.09. The van der Waals surface area contributed by atoms with Crippen molar-refractivity contribution in [2.45, 2.75) is 0 Å². The van der Waals surface area contributed by atoms with Gasteiger partial charge in [-0.25, -0.2) is 4.98 Å². The van der Waals surface area contributed by atoms with Gasteiger partial charge in [-0.3, -0.25) is 4.79 Å². The number of nitrogens with one attached hydrogen (secondary N) is 1. The van der Waals surface area contributed by atoms with Gasteiger partial charge in [0.15, 0.2) is 0 Å². The number of hydrogen-bond donors (Lipinski definition) is 2. The lowest BCUT2D eigenvalue weighted by Gasteiger charge is -2.09. The number of primary amides is 1. The molecule has 0 unspecified atom stereocenters. The Balaban J connectivity index is 2.37. The average molecular weight is 292 g/mol. The normalized spacial score (nSPS) is 9.94. The minimum Gasteiger partial charge on any atom is -0.365 e. The van der Waals surface area contributed by atoms with Crippen molar-refractivity contribution < 1.29 is 4.79 Å². The van der Waals surface area contributed by atoms with Crippen LogP contribution in [0.2, 0.25) is 0 Å². The second kappa shape index (κ2) is 4.97. The standard InChI is InChI=1S/C12H10BrN3O/c13-9-5-1-2-6-10(9)16-12-8(11(14)17)4-3-7-15-12/h1-7H,(H2,14,17)(H,15,16). The highest BCUT2D eigenvalue weighted by molar-refractivity contribution is 9.10. The van der Waals surface area contributed by atoms with Crippen LogP contribution in [0, 0.1) is 0 Å².